The van der Waals surface area contributed by atoms with Crippen LogP contribution in [-0.2, 0) is 23.5 Å². The number of alkyl halides is 3. The third-order valence-electron chi connectivity index (χ3n) is 3.37. The standard InChI is InChI=1S/C14H14F3N3O4S/c1-20-12(13(21)22)10(8-18-20)25(23,24)19-11(14(15,16)17)7-9-5-3-2-4-6-9/h2-6,8,11,19H,7H2,1H3,(H,21,22). The first-order chi connectivity index (χ1) is 11.5. The van der Waals surface area contributed by atoms with Gasteiger partial charge in [-0.1, -0.05) is 30.3 Å². The van der Waals surface area contributed by atoms with Gasteiger partial charge in [0.1, 0.15) is 10.9 Å². The average Bonchev–Trinajstić information content (AvgIpc) is 2.89. The molecule has 0 saturated heterocycles. The summed E-state index contributed by atoms with van der Waals surface area (Å²) >= 11 is 0. The molecule has 0 aliphatic carbocycles. The summed E-state index contributed by atoms with van der Waals surface area (Å²) < 4.78 is 66.6. The zero-order valence-electron chi connectivity index (χ0n) is 12.9. The largest absolute Gasteiger partial charge is 0.476 e. The number of rotatable bonds is 6. The molecule has 2 aromatic rings. The number of carboxylic acid groups (broad SMARTS) is 1. The average molecular weight is 377 g/mol. The molecule has 0 spiro atoms. The first-order valence-corrected chi connectivity index (χ1v) is 8.39. The Morgan fingerprint density at radius 3 is 2.44 bits per heavy atom. The van der Waals surface area contributed by atoms with Crippen molar-refractivity contribution >= 4 is 16.0 Å². The van der Waals surface area contributed by atoms with Gasteiger partial charge in [0, 0.05) is 7.05 Å². The maximum Gasteiger partial charge on any atom is 0.405 e. The van der Waals surface area contributed by atoms with E-state index in [1.54, 1.807) is 6.07 Å². The van der Waals surface area contributed by atoms with Gasteiger partial charge in [-0.15, -0.1) is 0 Å². The van der Waals surface area contributed by atoms with Gasteiger partial charge in [0.2, 0.25) is 10.0 Å². The molecule has 11 heteroatoms. The molecular weight excluding hydrogens is 363 g/mol. The Morgan fingerprint density at radius 1 is 1.32 bits per heavy atom. The van der Waals surface area contributed by atoms with E-state index in [4.69, 9.17) is 5.11 Å². The molecule has 0 amide bonds. The number of carboxylic acids is 1. The summed E-state index contributed by atoms with van der Waals surface area (Å²) in [6.45, 7) is 0. The number of aromatic nitrogens is 2. The van der Waals surface area contributed by atoms with E-state index in [1.165, 1.54) is 36.0 Å². The van der Waals surface area contributed by atoms with E-state index in [0.29, 0.717) is 6.20 Å². The number of carbonyl (C=O) groups is 1. The second-order valence-electron chi connectivity index (χ2n) is 5.19. The zero-order valence-corrected chi connectivity index (χ0v) is 13.7. The van der Waals surface area contributed by atoms with E-state index in [9.17, 15) is 26.4 Å². The van der Waals surface area contributed by atoms with Crippen LogP contribution < -0.4 is 4.72 Å². The van der Waals surface area contributed by atoms with Crippen molar-refractivity contribution in [3.8, 4) is 0 Å². The lowest BCUT2D eigenvalue weighted by Gasteiger charge is -2.21. The molecule has 0 saturated carbocycles. The molecule has 1 unspecified atom stereocenters. The van der Waals surface area contributed by atoms with Crippen molar-refractivity contribution in [2.45, 2.75) is 23.5 Å². The highest BCUT2D eigenvalue weighted by atomic mass is 32.2. The van der Waals surface area contributed by atoms with Crippen LogP contribution in [0.3, 0.4) is 0 Å². The number of aromatic carboxylic acids is 1. The Morgan fingerprint density at radius 2 is 1.92 bits per heavy atom. The molecule has 0 radical (unpaired) electrons. The van der Waals surface area contributed by atoms with Crippen LogP contribution in [0, 0.1) is 0 Å². The highest BCUT2D eigenvalue weighted by Gasteiger charge is 2.43. The molecule has 1 aromatic heterocycles. The second-order valence-corrected chi connectivity index (χ2v) is 6.87. The molecule has 0 fully saturated rings. The third kappa shape index (κ3) is 4.37. The summed E-state index contributed by atoms with van der Waals surface area (Å²) in [4.78, 5) is 10.3. The maximum atomic E-state index is 13.3. The van der Waals surface area contributed by atoms with Crippen molar-refractivity contribution in [2.24, 2.45) is 7.05 Å². The molecule has 2 N–H and O–H groups in total. The second kappa shape index (κ2) is 6.84. The van der Waals surface area contributed by atoms with Crippen molar-refractivity contribution in [3.05, 3.63) is 47.8 Å². The molecule has 0 aliphatic rings. The normalized spacial score (nSPS) is 13.6. The Labute approximate surface area is 141 Å². The van der Waals surface area contributed by atoms with Gasteiger partial charge < -0.3 is 5.11 Å². The molecule has 1 heterocycles. The van der Waals surface area contributed by atoms with Gasteiger partial charge in [-0.2, -0.15) is 23.0 Å². The lowest BCUT2D eigenvalue weighted by Crippen LogP contribution is -2.46. The van der Waals surface area contributed by atoms with Crippen molar-refractivity contribution in [3.63, 3.8) is 0 Å². The summed E-state index contributed by atoms with van der Waals surface area (Å²) in [7, 11) is -3.58. The van der Waals surface area contributed by atoms with Gasteiger partial charge >= 0.3 is 12.1 Å². The summed E-state index contributed by atoms with van der Waals surface area (Å²) in [6, 6.07) is 5.12. The number of aryl methyl sites for hydroxylation is 1. The highest BCUT2D eigenvalue weighted by molar-refractivity contribution is 7.89. The fourth-order valence-electron chi connectivity index (χ4n) is 2.18. The third-order valence-corrected chi connectivity index (χ3v) is 4.85. The van der Waals surface area contributed by atoms with E-state index < -0.39 is 45.2 Å². The van der Waals surface area contributed by atoms with Gasteiger partial charge in [-0.3, -0.25) is 4.68 Å². The van der Waals surface area contributed by atoms with Gasteiger partial charge in [-0.25, -0.2) is 13.2 Å². The SMILES string of the molecule is Cn1ncc(S(=O)(=O)NC(Cc2ccccc2)C(F)(F)F)c1C(=O)O. The molecule has 1 aromatic carbocycles. The van der Waals surface area contributed by atoms with Crippen molar-refractivity contribution in [1.82, 2.24) is 14.5 Å². The summed E-state index contributed by atoms with van der Waals surface area (Å²) in [5.74, 6) is -1.62. The monoisotopic (exact) mass is 377 g/mol. The van der Waals surface area contributed by atoms with Crippen LogP contribution in [0.15, 0.2) is 41.4 Å². The van der Waals surface area contributed by atoms with Gasteiger partial charge in [0.05, 0.1) is 6.20 Å². The predicted molar refractivity (Wildman–Crippen MR) is 80.5 cm³/mol. The van der Waals surface area contributed by atoms with Crippen LogP contribution in [-0.4, -0.2) is 41.5 Å². The Bertz CT molecular complexity index is 863. The Balaban J connectivity index is 2.36. The topological polar surface area (TPSA) is 101 Å². The Kier molecular flexibility index (Phi) is 5.18. The van der Waals surface area contributed by atoms with E-state index in [1.807, 2.05) is 0 Å². The number of nitrogens with zero attached hydrogens (tertiary/aromatic N) is 2. The van der Waals surface area contributed by atoms with Crippen molar-refractivity contribution in [2.75, 3.05) is 0 Å². The molecule has 1 atom stereocenters. The molecule has 0 aliphatic heterocycles. The van der Waals surface area contributed by atoms with Crippen molar-refractivity contribution < 1.29 is 31.5 Å². The highest BCUT2D eigenvalue weighted by Crippen LogP contribution is 2.25. The summed E-state index contributed by atoms with van der Waals surface area (Å²) in [5, 5.41) is 12.5. The van der Waals surface area contributed by atoms with Crippen LogP contribution in [0.1, 0.15) is 16.1 Å². The first kappa shape index (κ1) is 18.9. The number of benzene rings is 1. The number of hydrogen-bond donors (Lipinski definition) is 2. The summed E-state index contributed by atoms with van der Waals surface area (Å²) in [6.07, 6.45) is -4.80. The van der Waals surface area contributed by atoms with Crippen LogP contribution in [0.2, 0.25) is 0 Å². The van der Waals surface area contributed by atoms with E-state index in [2.05, 4.69) is 5.10 Å². The molecule has 136 valence electrons. The minimum Gasteiger partial charge on any atom is -0.476 e. The van der Waals surface area contributed by atoms with Crippen molar-refractivity contribution in [1.29, 1.82) is 0 Å². The number of nitrogens with one attached hydrogen (secondary N) is 1. The van der Waals surface area contributed by atoms with Crippen LogP contribution >= 0.6 is 0 Å². The minimum atomic E-state index is -4.87. The van der Waals surface area contributed by atoms with Crippen LogP contribution in [0.4, 0.5) is 13.2 Å². The van der Waals surface area contributed by atoms with Gasteiger partial charge in [-0.05, 0) is 12.0 Å². The number of halogens is 3. The first-order valence-electron chi connectivity index (χ1n) is 6.90. The molecule has 2 rings (SSSR count). The van der Waals surface area contributed by atoms with E-state index >= 15 is 0 Å². The van der Waals surface area contributed by atoms with E-state index in [-0.39, 0.29) is 5.56 Å². The quantitative estimate of drug-likeness (QED) is 0.796. The molecular formula is C14H14F3N3O4S. The smallest absolute Gasteiger partial charge is 0.405 e. The Hall–Kier alpha value is -2.40. The van der Waals surface area contributed by atoms with Gasteiger partial charge in [0.15, 0.2) is 5.69 Å². The summed E-state index contributed by atoms with van der Waals surface area (Å²) in [5.41, 5.74) is -0.453. The van der Waals surface area contributed by atoms with Gasteiger partial charge in [0.25, 0.3) is 0 Å². The number of sulfonamides is 1. The lowest BCUT2D eigenvalue weighted by molar-refractivity contribution is -0.150. The molecule has 0 bridgehead atoms. The molecule has 25 heavy (non-hydrogen) atoms. The van der Waals surface area contributed by atoms with E-state index in [0.717, 1.165) is 4.68 Å². The fraction of sp³-hybridized carbons (Fsp3) is 0.286. The van der Waals surface area contributed by atoms with Crippen LogP contribution in [0.25, 0.3) is 0 Å². The van der Waals surface area contributed by atoms with Crippen LogP contribution in [0.5, 0.6) is 0 Å². The predicted octanol–water partition coefficient (Wildman–Crippen LogP) is 1.57. The minimum absolute atomic E-state index is 0.275. The molecule has 7 nitrogen and oxygen atoms in total. The number of hydrogen-bond acceptors (Lipinski definition) is 4. The lowest BCUT2D eigenvalue weighted by atomic mass is 10.1. The fourth-order valence-corrected chi connectivity index (χ4v) is 3.56. The zero-order chi connectivity index (χ0) is 18.8. The maximum absolute atomic E-state index is 13.3.